The minimum atomic E-state index is -4.48. The van der Waals surface area contributed by atoms with Crippen molar-refractivity contribution in [1.82, 2.24) is 5.32 Å². The smallest absolute Gasteiger partial charge is 0.416 e. The van der Waals surface area contributed by atoms with Gasteiger partial charge in [-0.1, -0.05) is 38.0 Å². The lowest BCUT2D eigenvalue weighted by molar-refractivity contribution is -0.142. The van der Waals surface area contributed by atoms with Crippen LogP contribution in [0.15, 0.2) is 24.3 Å². The van der Waals surface area contributed by atoms with Crippen molar-refractivity contribution < 1.29 is 27.9 Å². The van der Waals surface area contributed by atoms with Gasteiger partial charge in [-0.2, -0.15) is 13.2 Å². The molecule has 1 saturated carbocycles. The topological polar surface area (TPSA) is 66.4 Å². The molecule has 1 aromatic carbocycles. The van der Waals surface area contributed by atoms with Crippen molar-refractivity contribution >= 4 is 11.9 Å². The van der Waals surface area contributed by atoms with Crippen LogP contribution in [0.25, 0.3) is 0 Å². The standard InChI is InChI=1S/C17H20F3NO3/c1-2-3-7-13(14(22)23)21-15(24)16(8-9-16)11-5-4-6-12(10-11)17(18,19)20/h4-6,10,13H,2-3,7-9H2,1H3,(H,21,24)(H,22,23)/t13-/m0/s1. The Morgan fingerprint density at radius 1 is 1.33 bits per heavy atom. The second-order valence-corrected chi connectivity index (χ2v) is 6.17. The predicted octanol–water partition coefficient (Wildman–Crippen LogP) is 3.50. The predicted molar refractivity (Wildman–Crippen MR) is 81.4 cm³/mol. The van der Waals surface area contributed by atoms with Gasteiger partial charge < -0.3 is 10.4 Å². The Morgan fingerprint density at radius 2 is 2.00 bits per heavy atom. The molecule has 24 heavy (non-hydrogen) atoms. The van der Waals surface area contributed by atoms with E-state index in [2.05, 4.69) is 5.32 Å². The van der Waals surface area contributed by atoms with Crippen LogP contribution in [-0.2, 0) is 21.2 Å². The van der Waals surface area contributed by atoms with Gasteiger partial charge in [0, 0.05) is 0 Å². The Labute approximate surface area is 138 Å². The van der Waals surface area contributed by atoms with E-state index in [1.54, 1.807) is 0 Å². The van der Waals surface area contributed by atoms with Crippen LogP contribution in [0, 0.1) is 0 Å². The van der Waals surface area contributed by atoms with Crippen LogP contribution < -0.4 is 5.32 Å². The summed E-state index contributed by atoms with van der Waals surface area (Å²) in [5, 5.41) is 11.7. The van der Waals surface area contributed by atoms with E-state index in [1.807, 2.05) is 6.92 Å². The summed E-state index contributed by atoms with van der Waals surface area (Å²) in [6.07, 6.45) is -1.91. The SMILES string of the molecule is CCCC[C@H](NC(=O)C1(c2cccc(C(F)(F)F)c2)CC1)C(=O)O. The first-order valence-electron chi connectivity index (χ1n) is 7.92. The molecule has 1 aromatic rings. The minimum Gasteiger partial charge on any atom is -0.480 e. The number of carbonyl (C=O) groups is 2. The first kappa shape index (κ1) is 18.3. The summed E-state index contributed by atoms with van der Waals surface area (Å²) in [6, 6.07) is 3.69. The third kappa shape index (κ3) is 3.88. The van der Waals surface area contributed by atoms with Gasteiger partial charge in [-0.3, -0.25) is 4.79 Å². The molecule has 0 aromatic heterocycles. The highest BCUT2D eigenvalue weighted by Gasteiger charge is 2.52. The number of halogens is 3. The molecule has 1 fully saturated rings. The van der Waals surface area contributed by atoms with Crippen molar-refractivity contribution in [1.29, 1.82) is 0 Å². The summed E-state index contributed by atoms with van der Waals surface area (Å²) in [6.45, 7) is 1.91. The number of carboxylic acid groups (broad SMARTS) is 1. The van der Waals surface area contributed by atoms with Gasteiger partial charge in [0.1, 0.15) is 6.04 Å². The normalized spacial score (nSPS) is 17.2. The molecule has 132 valence electrons. The highest BCUT2D eigenvalue weighted by molar-refractivity contribution is 5.94. The van der Waals surface area contributed by atoms with Crippen LogP contribution in [0.5, 0.6) is 0 Å². The number of carbonyl (C=O) groups excluding carboxylic acids is 1. The van der Waals surface area contributed by atoms with Crippen molar-refractivity contribution in [2.75, 3.05) is 0 Å². The quantitative estimate of drug-likeness (QED) is 0.796. The Balaban J connectivity index is 2.18. The highest BCUT2D eigenvalue weighted by atomic mass is 19.4. The van der Waals surface area contributed by atoms with Crippen molar-refractivity contribution in [2.24, 2.45) is 0 Å². The first-order valence-corrected chi connectivity index (χ1v) is 7.92. The number of alkyl halides is 3. The van der Waals surface area contributed by atoms with Crippen LogP contribution in [-0.4, -0.2) is 23.0 Å². The molecule has 1 aliphatic rings. The summed E-state index contributed by atoms with van der Waals surface area (Å²) >= 11 is 0. The van der Waals surface area contributed by atoms with E-state index in [4.69, 9.17) is 0 Å². The fourth-order valence-corrected chi connectivity index (χ4v) is 2.73. The molecule has 7 heteroatoms. The number of nitrogens with one attached hydrogen (secondary N) is 1. The molecule has 1 atom stereocenters. The molecular weight excluding hydrogens is 323 g/mol. The number of hydrogen-bond donors (Lipinski definition) is 2. The average Bonchev–Trinajstić information content (AvgIpc) is 3.32. The van der Waals surface area contributed by atoms with Gasteiger partial charge in [-0.05, 0) is 30.9 Å². The molecule has 0 aliphatic heterocycles. The molecule has 0 saturated heterocycles. The molecule has 0 radical (unpaired) electrons. The maximum atomic E-state index is 12.9. The number of hydrogen-bond acceptors (Lipinski definition) is 2. The van der Waals surface area contributed by atoms with Gasteiger partial charge in [-0.15, -0.1) is 0 Å². The number of aliphatic carboxylic acids is 1. The molecule has 0 bridgehead atoms. The van der Waals surface area contributed by atoms with E-state index in [1.165, 1.54) is 12.1 Å². The van der Waals surface area contributed by atoms with E-state index in [-0.39, 0.29) is 5.56 Å². The molecule has 1 aliphatic carbocycles. The van der Waals surface area contributed by atoms with Crippen LogP contribution in [0.4, 0.5) is 13.2 Å². The molecule has 4 nitrogen and oxygen atoms in total. The summed E-state index contributed by atoms with van der Waals surface area (Å²) in [5.74, 6) is -1.64. The second-order valence-electron chi connectivity index (χ2n) is 6.17. The Bertz CT molecular complexity index is 624. The van der Waals surface area contributed by atoms with Crippen LogP contribution in [0.2, 0.25) is 0 Å². The molecule has 2 N–H and O–H groups in total. The molecule has 2 rings (SSSR count). The summed E-state index contributed by atoms with van der Waals surface area (Å²) in [7, 11) is 0. The van der Waals surface area contributed by atoms with Gasteiger partial charge in [-0.25, -0.2) is 4.79 Å². The van der Waals surface area contributed by atoms with Crippen molar-refractivity contribution in [3.05, 3.63) is 35.4 Å². The Hall–Kier alpha value is -2.05. The fraction of sp³-hybridized carbons (Fsp3) is 0.529. The second kappa shape index (κ2) is 6.83. The largest absolute Gasteiger partial charge is 0.480 e. The third-order valence-corrected chi connectivity index (χ3v) is 4.38. The molecule has 0 heterocycles. The van der Waals surface area contributed by atoms with Gasteiger partial charge in [0.05, 0.1) is 11.0 Å². The zero-order valence-electron chi connectivity index (χ0n) is 13.3. The van der Waals surface area contributed by atoms with Crippen LogP contribution in [0.3, 0.4) is 0 Å². The van der Waals surface area contributed by atoms with E-state index < -0.39 is 35.1 Å². The van der Waals surface area contributed by atoms with Crippen LogP contribution in [0.1, 0.15) is 50.2 Å². The van der Waals surface area contributed by atoms with Crippen molar-refractivity contribution in [3.8, 4) is 0 Å². The van der Waals surface area contributed by atoms with Gasteiger partial charge in [0.2, 0.25) is 5.91 Å². The highest BCUT2D eigenvalue weighted by Crippen LogP contribution is 2.49. The monoisotopic (exact) mass is 343 g/mol. The van der Waals surface area contributed by atoms with E-state index in [0.717, 1.165) is 18.6 Å². The number of rotatable bonds is 7. The maximum Gasteiger partial charge on any atom is 0.416 e. The number of benzene rings is 1. The molecule has 0 unspecified atom stereocenters. The number of amides is 1. The van der Waals surface area contributed by atoms with E-state index in [9.17, 15) is 27.9 Å². The molecule has 1 amide bonds. The third-order valence-electron chi connectivity index (χ3n) is 4.38. The van der Waals surface area contributed by atoms with Gasteiger partial charge >= 0.3 is 12.1 Å². The van der Waals surface area contributed by atoms with Crippen molar-refractivity contribution in [3.63, 3.8) is 0 Å². The Kier molecular flexibility index (Phi) is 5.20. The van der Waals surface area contributed by atoms with Gasteiger partial charge in [0.15, 0.2) is 0 Å². The summed E-state index contributed by atoms with van der Waals surface area (Å²) in [5.41, 5.74) is -1.56. The zero-order valence-corrected chi connectivity index (χ0v) is 13.3. The van der Waals surface area contributed by atoms with Gasteiger partial charge in [0.25, 0.3) is 0 Å². The Morgan fingerprint density at radius 3 is 2.50 bits per heavy atom. The molecular formula is C17H20F3NO3. The molecule has 0 spiro atoms. The van der Waals surface area contributed by atoms with Crippen LogP contribution >= 0.6 is 0 Å². The average molecular weight is 343 g/mol. The van der Waals surface area contributed by atoms with E-state index in [0.29, 0.717) is 25.7 Å². The minimum absolute atomic E-state index is 0.287. The summed E-state index contributed by atoms with van der Waals surface area (Å²) in [4.78, 5) is 23.8. The fourth-order valence-electron chi connectivity index (χ4n) is 2.73. The van der Waals surface area contributed by atoms with Crippen molar-refractivity contribution in [2.45, 2.75) is 56.7 Å². The zero-order chi connectivity index (χ0) is 18.0. The number of unbranched alkanes of at least 4 members (excludes halogenated alkanes) is 1. The lowest BCUT2D eigenvalue weighted by atomic mass is 9.92. The number of carboxylic acids is 1. The first-order chi connectivity index (χ1) is 11.2. The summed E-state index contributed by atoms with van der Waals surface area (Å²) < 4.78 is 38.6. The van der Waals surface area contributed by atoms with E-state index >= 15 is 0 Å². The lowest BCUT2D eigenvalue weighted by Crippen LogP contribution is -2.45. The maximum absolute atomic E-state index is 12.9. The lowest BCUT2D eigenvalue weighted by Gasteiger charge is -2.21.